The molecule has 3 N–H and O–H groups in total. The Morgan fingerprint density at radius 1 is 1.36 bits per heavy atom. The van der Waals surface area contributed by atoms with Crippen LogP contribution in [-0.4, -0.2) is 42.2 Å². The zero-order chi connectivity index (χ0) is 11.2. The predicted octanol–water partition coefficient (Wildman–Crippen LogP) is 0.112. The van der Waals surface area contributed by atoms with Crippen LogP contribution in [0.4, 0.5) is 4.79 Å². The third kappa shape index (κ3) is 6.68. The molecule has 5 nitrogen and oxygen atoms in total. The van der Waals surface area contributed by atoms with Crippen molar-refractivity contribution < 1.29 is 19.7 Å². The Bertz CT molecular complexity index is 172. The maximum atomic E-state index is 11.1. The molecule has 0 heterocycles. The van der Waals surface area contributed by atoms with E-state index in [1.165, 1.54) is 0 Å². The Labute approximate surface area is 84.1 Å². The molecule has 0 saturated carbocycles. The van der Waals surface area contributed by atoms with Crippen LogP contribution < -0.4 is 5.32 Å². The second kappa shape index (κ2) is 5.82. The summed E-state index contributed by atoms with van der Waals surface area (Å²) in [7, 11) is 0. The van der Waals surface area contributed by atoms with Crippen molar-refractivity contribution in [3.05, 3.63) is 0 Å². The normalized spacial score (nSPS) is 11.6. The Balaban J connectivity index is 3.75. The van der Waals surface area contributed by atoms with Gasteiger partial charge in [0, 0.05) is 6.54 Å². The highest BCUT2D eigenvalue weighted by Gasteiger charge is 2.15. The maximum absolute atomic E-state index is 11.1. The Hall–Kier alpha value is -0.810. The molecule has 0 spiro atoms. The predicted molar refractivity (Wildman–Crippen MR) is 51.9 cm³/mol. The summed E-state index contributed by atoms with van der Waals surface area (Å²) in [5.74, 6) is 0. The molecule has 0 fully saturated rings. The molecule has 84 valence electrons. The van der Waals surface area contributed by atoms with Gasteiger partial charge in [-0.1, -0.05) is 20.8 Å². The quantitative estimate of drug-likeness (QED) is 0.608. The van der Waals surface area contributed by atoms with Gasteiger partial charge in [-0.2, -0.15) is 0 Å². The van der Waals surface area contributed by atoms with Gasteiger partial charge in [-0.15, -0.1) is 0 Å². The van der Waals surface area contributed by atoms with Crippen LogP contribution in [0.2, 0.25) is 0 Å². The van der Waals surface area contributed by atoms with Gasteiger partial charge in [0.25, 0.3) is 0 Å². The Morgan fingerprint density at radius 3 is 2.21 bits per heavy atom. The van der Waals surface area contributed by atoms with E-state index in [4.69, 9.17) is 14.9 Å². The lowest BCUT2D eigenvalue weighted by molar-refractivity contribution is 0.0214. The minimum Gasteiger partial charge on any atom is -0.441 e. The lowest BCUT2D eigenvalue weighted by Gasteiger charge is -2.20. The molecule has 0 bridgehead atoms. The van der Waals surface area contributed by atoms with Crippen molar-refractivity contribution >= 4 is 6.09 Å². The van der Waals surface area contributed by atoms with Crippen LogP contribution in [0.15, 0.2) is 0 Å². The summed E-state index contributed by atoms with van der Waals surface area (Å²) in [6.07, 6.45) is -1.46. The molecule has 1 amide bonds. The minimum absolute atomic E-state index is 0.0209. The number of nitrogens with one attached hydrogen (secondary N) is 1. The highest BCUT2D eigenvalue weighted by molar-refractivity contribution is 5.67. The monoisotopic (exact) mass is 205 g/mol. The molecular weight excluding hydrogens is 186 g/mol. The van der Waals surface area contributed by atoms with Gasteiger partial charge in [-0.25, -0.2) is 4.79 Å². The van der Waals surface area contributed by atoms with E-state index in [1.807, 2.05) is 20.8 Å². The van der Waals surface area contributed by atoms with Gasteiger partial charge in [-0.05, 0) is 5.41 Å². The summed E-state index contributed by atoms with van der Waals surface area (Å²) < 4.78 is 4.69. The van der Waals surface area contributed by atoms with Crippen LogP contribution in [0.5, 0.6) is 0 Å². The SMILES string of the molecule is CC(C)(C)CNC(=O)OC(CO)CO. The molecule has 0 radical (unpaired) electrons. The van der Waals surface area contributed by atoms with E-state index < -0.39 is 12.2 Å². The number of hydrogen-bond donors (Lipinski definition) is 3. The van der Waals surface area contributed by atoms with E-state index in [9.17, 15) is 4.79 Å². The van der Waals surface area contributed by atoms with Crippen molar-refractivity contribution in [2.24, 2.45) is 5.41 Å². The van der Waals surface area contributed by atoms with E-state index in [0.717, 1.165) is 0 Å². The number of amides is 1. The average Bonchev–Trinajstić information content (AvgIpc) is 2.09. The molecule has 0 unspecified atom stereocenters. The van der Waals surface area contributed by atoms with Gasteiger partial charge in [0.1, 0.15) is 6.10 Å². The summed E-state index contributed by atoms with van der Waals surface area (Å²) in [6, 6.07) is 0. The van der Waals surface area contributed by atoms with E-state index >= 15 is 0 Å². The smallest absolute Gasteiger partial charge is 0.407 e. The second-order valence-electron chi connectivity index (χ2n) is 4.31. The summed E-state index contributed by atoms with van der Waals surface area (Å²) in [5, 5.41) is 19.8. The summed E-state index contributed by atoms with van der Waals surface area (Å²) >= 11 is 0. The Morgan fingerprint density at radius 2 is 1.86 bits per heavy atom. The standard InChI is InChI=1S/C9H19NO4/c1-9(2,3)6-10-8(13)14-7(4-11)5-12/h7,11-12H,4-6H2,1-3H3,(H,10,13). The van der Waals surface area contributed by atoms with Gasteiger partial charge in [0.05, 0.1) is 13.2 Å². The molecule has 14 heavy (non-hydrogen) atoms. The summed E-state index contributed by atoms with van der Waals surface area (Å²) in [5.41, 5.74) is -0.0209. The third-order valence-electron chi connectivity index (χ3n) is 1.44. The van der Waals surface area contributed by atoms with Gasteiger partial charge >= 0.3 is 6.09 Å². The van der Waals surface area contributed by atoms with E-state index in [0.29, 0.717) is 6.54 Å². The molecule has 0 aromatic heterocycles. The molecule has 0 rings (SSSR count). The maximum Gasteiger partial charge on any atom is 0.407 e. The lowest BCUT2D eigenvalue weighted by Crippen LogP contribution is -2.36. The van der Waals surface area contributed by atoms with E-state index in [2.05, 4.69) is 5.32 Å². The molecule has 0 aromatic carbocycles. The van der Waals surface area contributed by atoms with Crippen LogP contribution in [0, 0.1) is 5.41 Å². The molecular formula is C9H19NO4. The number of hydrogen-bond acceptors (Lipinski definition) is 4. The van der Waals surface area contributed by atoms with E-state index in [-0.39, 0.29) is 18.6 Å². The largest absolute Gasteiger partial charge is 0.441 e. The van der Waals surface area contributed by atoms with Crippen molar-refractivity contribution in [1.29, 1.82) is 0 Å². The zero-order valence-corrected chi connectivity index (χ0v) is 8.91. The number of ether oxygens (including phenoxy) is 1. The fourth-order valence-corrected chi connectivity index (χ4v) is 0.663. The highest BCUT2D eigenvalue weighted by Crippen LogP contribution is 2.10. The van der Waals surface area contributed by atoms with Crippen molar-refractivity contribution in [3.63, 3.8) is 0 Å². The molecule has 0 atom stereocenters. The number of rotatable bonds is 4. The second-order valence-corrected chi connectivity index (χ2v) is 4.31. The first-order chi connectivity index (χ1) is 6.39. The number of carbonyl (C=O) groups excluding carboxylic acids is 1. The first-order valence-corrected chi connectivity index (χ1v) is 4.55. The first-order valence-electron chi connectivity index (χ1n) is 4.55. The van der Waals surface area contributed by atoms with Gasteiger partial charge < -0.3 is 20.3 Å². The zero-order valence-electron chi connectivity index (χ0n) is 8.91. The van der Waals surface area contributed by atoms with Crippen molar-refractivity contribution in [1.82, 2.24) is 5.32 Å². The minimum atomic E-state index is -0.838. The first kappa shape index (κ1) is 13.2. The van der Waals surface area contributed by atoms with E-state index in [1.54, 1.807) is 0 Å². The Kier molecular flexibility index (Phi) is 5.49. The van der Waals surface area contributed by atoms with Gasteiger partial charge in [-0.3, -0.25) is 0 Å². The van der Waals surface area contributed by atoms with Crippen molar-refractivity contribution in [2.75, 3.05) is 19.8 Å². The fraction of sp³-hybridized carbons (Fsp3) is 0.889. The molecule has 5 heteroatoms. The third-order valence-corrected chi connectivity index (χ3v) is 1.44. The van der Waals surface area contributed by atoms with Gasteiger partial charge in [0.15, 0.2) is 0 Å². The molecule has 0 aliphatic rings. The molecule has 0 aliphatic heterocycles. The number of carbonyl (C=O) groups is 1. The lowest BCUT2D eigenvalue weighted by atomic mass is 9.97. The van der Waals surface area contributed by atoms with Crippen molar-refractivity contribution in [3.8, 4) is 0 Å². The highest BCUT2D eigenvalue weighted by atomic mass is 16.6. The fourth-order valence-electron chi connectivity index (χ4n) is 0.663. The van der Waals surface area contributed by atoms with Crippen LogP contribution in [-0.2, 0) is 4.74 Å². The number of aliphatic hydroxyl groups excluding tert-OH is 2. The number of aliphatic hydroxyl groups is 2. The average molecular weight is 205 g/mol. The van der Waals surface area contributed by atoms with Gasteiger partial charge in [0.2, 0.25) is 0 Å². The molecule has 0 aromatic rings. The molecule has 0 aliphatic carbocycles. The van der Waals surface area contributed by atoms with Crippen LogP contribution in [0.3, 0.4) is 0 Å². The molecule has 0 saturated heterocycles. The van der Waals surface area contributed by atoms with Crippen LogP contribution in [0.1, 0.15) is 20.8 Å². The van der Waals surface area contributed by atoms with Crippen molar-refractivity contribution in [2.45, 2.75) is 26.9 Å². The topological polar surface area (TPSA) is 78.8 Å². The summed E-state index contributed by atoms with van der Waals surface area (Å²) in [4.78, 5) is 11.1. The van der Waals surface area contributed by atoms with Crippen LogP contribution in [0.25, 0.3) is 0 Å². The number of alkyl carbamates (subject to hydrolysis) is 1. The van der Waals surface area contributed by atoms with Crippen LogP contribution >= 0.6 is 0 Å². The summed E-state index contributed by atoms with van der Waals surface area (Å²) in [6.45, 7) is 5.66.